The van der Waals surface area contributed by atoms with Crippen molar-refractivity contribution in [3.8, 4) is 5.75 Å². The molecule has 0 radical (unpaired) electrons. The molecule has 4 amide bonds. The van der Waals surface area contributed by atoms with Gasteiger partial charge in [0.25, 0.3) is 11.8 Å². The number of nitrogens with one attached hydrogen (secondary N) is 4. The number of carbonyl (C=O) groups is 5. The lowest BCUT2D eigenvalue weighted by Crippen LogP contribution is -3.14. The summed E-state index contributed by atoms with van der Waals surface area (Å²) in [6, 6.07) is 13.1. The minimum Gasteiger partial charge on any atom is -1.00 e. The van der Waals surface area contributed by atoms with Crippen molar-refractivity contribution in [2.75, 3.05) is 51.9 Å². The number of benzene rings is 2. The van der Waals surface area contributed by atoms with Crippen LogP contribution in [0.25, 0.3) is 0 Å². The number of esters is 1. The van der Waals surface area contributed by atoms with Crippen LogP contribution in [-0.4, -0.2) is 115 Å². The Morgan fingerprint density at radius 1 is 0.964 bits per heavy atom. The number of quaternary nitrogens is 1. The predicted octanol–water partition coefficient (Wildman–Crippen LogP) is -0.878. The largest absolute Gasteiger partial charge is 1.00 e. The first kappa shape index (κ1) is 46.5. The molecule has 0 saturated carbocycles. The van der Waals surface area contributed by atoms with Crippen LogP contribution in [0.15, 0.2) is 48.5 Å². The number of amides is 4. The van der Waals surface area contributed by atoms with Crippen molar-refractivity contribution in [1.82, 2.24) is 20.9 Å². The van der Waals surface area contributed by atoms with Crippen LogP contribution in [0.2, 0.25) is 0 Å². The Morgan fingerprint density at radius 3 is 2.27 bits per heavy atom. The Hall–Kier alpha value is -3.85. The van der Waals surface area contributed by atoms with E-state index in [0.717, 1.165) is 36.3 Å². The van der Waals surface area contributed by atoms with Crippen LogP contribution in [0.3, 0.4) is 0 Å². The highest BCUT2D eigenvalue weighted by molar-refractivity contribution is 8.00. The lowest BCUT2D eigenvalue weighted by Gasteiger charge is -2.36. The number of morpholine rings is 1. The van der Waals surface area contributed by atoms with Crippen molar-refractivity contribution in [3.05, 3.63) is 65.2 Å². The Morgan fingerprint density at radius 2 is 1.62 bits per heavy atom. The minimum atomic E-state index is -1.48. The number of carbonyl (C=O) groups excluding carboxylic acids is 5. The summed E-state index contributed by atoms with van der Waals surface area (Å²) in [6.45, 7) is 17.4. The van der Waals surface area contributed by atoms with Gasteiger partial charge in [0.1, 0.15) is 24.9 Å². The van der Waals surface area contributed by atoms with Gasteiger partial charge in [-0.1, -0.05) is 48.5 Å². The maximum Gasteiger partial charge on any atom is 0.306 e. The summed E-state index contributed by atoms with van der Waals surface area (Å²) in [5, 5.41) is 8.88. The van der Waals surface area contributed by atoms with Crippen LogP contribution < -0.4 is 38.0 Å². The molecule has 2 saturated heterocycles. The second-order valence-corrected chi connectivity index (χ2v) is 17.5. The van der Waals surface area contributed by atoms with E-state index < -0.39 is 46.3 Å². The summed E-state index contributed by atoms with van der Waals surface area (Å²) < 4.78 is 16.7. The molecule has 0 spiro atoms. The quantitative estimate of drug-likeness (QED) is 0.149. The number of aryl methyl sites for hydroxylation is 2. The van der Waals surface area contributed by atoms with E-state index >= 15 is 0 Å². The van der Waals surface area contributed by atoms with Gasteiger partial charge in [0.05, 0.1) is 38.2 Å². The van der Waals surface area contributed by atoms with E-state index in [1.807, 2.05) is 97.0 Å². The first-order chi connectivity index (χ1) is 26.0. The van der Waals surface area contributed by atoms with Crippen LogP contribution in [0.1, 0.15) is 70.6 Å². The van der Waals surface area contributed by atoms with Crippen molar-refractivity contribution in [2.45, 2.75) is 103 Å². The Labute approximate surface area is 342 Å². The van der Waals surface area contributed by atoms with E-state index in [2.05, 4.69) is 16.0 Å². The summed E-state index contributed by atoms with van der Waals surface area (Å²) >= 11 is 1.45. The second-order valence-electron chi connectivity index (χ2n) is 15.9. The van der Waals surface area contributed by atoms with Gasteiger partial charge in [-0.15, -0.1) is 11.8 Å². The topological polar surface area (TPSA) is 157 Å². The highest BCUT2D eigenvalue weighted by Crippen LogP contribution is 2.40. The fraction of sp³-hybridized carbons (Fsp3) is 0.585. The van der Waals surface area contributed by atoms with Crippen LogP contribution in [0.4, 0.5) is 0 Å². The molecule has 4 rings (SSSR count). The fourth-order valence-corrected chi connectivity index (χ4v) is 7.94. The first-order valence-electron chi connectivity index (χ1n) is 19.2. The third-order valence-electron chi connectivity index (χ3n) is 9.63. The molecular weight excluding hydrogens is 758 g/mol. The van der Waals surface area contributed by atoms with Gasteiger partial charge in [0.15, 0.2) is 6.61 Å². The number of rotatable bonds is 17. The van der Waals surface area contributed by atoms with Crippen molar-refractivity contribution in [3.63, 3.8) is 0 Å². The molecule has 2 aromatic rings. The average Bonchev–Trinajstić information content (AvgIpc) is 3.45. The van der Waals surface area contributed by atoms with Gasteiger partial charge in [-0.2, -0.15) is 0 Å². The van der Waals surface area contributed by atoms with Crippen molar-refractivity contribution >= 4 is 41.4 Å². The lowest BCUT2D eigenvalue weighted by molar-refractivity contribution is -0.906. The third-order valence-corrected chi connectivity index (χ3v) is 11.0. The number of ether oxygens (including phenoxy) is 3. The van der Waals surface area contributed by atoms with E-state index in [0.29, 0.717) is 25.5 Å². The summed E-state index contributed by atoms with van der Waals surface area (Å²) in [5.41, 5.74) is 1.98. The Bertz CT molecular complexity index is 1610. The minimum absolute atomic E-state index is 0. The van der Waals surface area contributed by atoms with Gasteiger partial charge in [0, 0.05) is 23.1 Å². The highest BCUT2D eigenvalue weighted by atomic mass is 35.5. The van der Waals surface area contributed by atoms with Gasteiger partial charge in [-0.05, 0) is 78.0 Å². The molecule has 0 unspecified atom stereocenters. The molecule has 56 heavy (non-hydrogen) atoms. The maximum absolute atomic E-state index is 14.8. The van der Waals surface area contributed by atoms with Crippen molar-refractivity contribution in [1.29, 1.82) is 0 Å². The zero-order valence-electron chi connectivity index (χ0n) is 33.8. The molecule has 0 bridgehead atoms. The van der Waals surface area contributed by atoms with Gasteiger partial charge in [-0.3, -0.25) is 24.0 Å². The molecule has 310 valence electrons. The molecule has 0 aliphatic carbocycles. The van der Waals surface area contributed by atoms with E-state index in [1.165, 1.54) is 21.6 Å². The Balaban J connectivity index is 0.00000841. The van der Waals surface area contributed by atoms with Gasteiger partial charge < -0.3 is 52.4 Å². The van der Waals surface area contributed by atoms with Crippen molar-refractivity contribution in [2.24, 2.45) is 0 Å². The zero-order chi connectivity index (χ0) is 40.2. The van der Waals surface area contributed by atoms with E-state index in [-0.39, 0.29) is 62.4 Å². The van der Waals surface area contributed by atoms with E-state index in [9.17, 15) is 24.0 Å². The molecule has 13 nitrogen and oxygen atoms in total. The molecule has 3 atom stereocenters. The van der Waals surface area contributed by atoms with Crippen LogP contribution >= 0.6 is 11.8 Å². The van der Waals surface area contributed by atoms with Crippen molar-refractivity contribution < 1.29 is 55.5 Å². The van der Waals surface area contributed by atoms with Gasteiger partial charge >= 0.3 is 5.97 Å². The third kappa shape index (κ3) is 14.3. The smallest absolute Gasteiger partial charge is 0.306 e. The fourth-order valence-electron chi connectivity index (χ4n) is 6.80. The standard InChI is InChI=1S/C41H59N5O8S.ClH/c1-28-13-11-14-29(2)35(28)53-26-33(48)43-31(25-30-15-9-8-10-16-30)36(39(51)46-27-55-41(6,7)37(46)38(50)44-40(3,4)5)54-34(49)18-12-17-32(47)42-19-20-45-21-23-52-24-22-45;/h8-11,13-16,31,36-37H,12,17-27H2,1-7H3,(H,42,47)(H,43,48)(H,44,50);1H/t31-,36-,37+;/m0./s1. The Kier molecular flexibility index (Phi) is 18.0. The number of thioether (sulfide) groups is 1. The molecule has 15 heteroatoms. The number of hydrogen-bond donors (Lipinski definition) is 4. The predicted molar refractivity (Wildman–Crippen MR) is 212 cm³/mol. The molecular formula is C41H60ClN5O8S. The van der Waals surface area contributed by atoms with E-state index in [4.69, 9.17) is 14.2 Å². The number of halogens is 1. The second kappa shape index (κ2) is 21.6. The molecule has 4 N–H and O–H groups in total. The number of nitrogens with zero attached hydrogens (tertiary/aromatic N) is 1. The highest BCUT2D eigenvalue weighted by Gasteiger charge is 2.51. The molecule has 0 aromatic heterocycles. The molecule has 2 heterocycles. The van der Waals surface area contributed by atoms with Crippen LogP contribution in [0, 0.1) is 13.8 Å². The van der Waals surface area contributed by atoms with Gasteiger partial charge in [-0.25, -0.2) is 0 Å². The molecule has 2 aliphatic rings. The molecule has 2 aliphatic heterocycles. The van der Waals surface area contributed by atoms with Crippen LogP contribution in [-0.2, 0) is 39.9 Å². The van der Waals surface area contributed by atoms with E-state index in [1.54, 1.807) is 0 Å². The number of para-hydroxylation sites is 1. The zero-order valence-corrected chi connectivity index (χ0v) is 35.4. The van der Waals surface area contributed by atoms with Crippen LogP contribution in [0.5, 0.6) is 5.75 Å². The summed E-state index contributed by atoms with van der Waals surface area (Å²) in [5.74, 6) is -1.53. The lowest BCUT2D eigenvalue weighted by atomic mass is 9.96. The number of hydrogen-bond acceptors (Lipinski definition) is 9. The normalized spacial score (nSPS) is 17.8. The summed E-state index contributed by atoms with van der Waals surface area (Å²) in [6.07, 6.45) is -1.14. The first-order valence-corrected chi connectivity index (χ1v) is 20.2. The maximum atomic E-state index is 14.8. The summed E-state index contributed by atoms with van der Waals surface area (Å²) in [7, 11) is 0. The molecule has 2 fully saturated rings. The monoisotopic (exact) mass is 817 g/mol. The average molecular weight is 818 g/mol. The van der Waals surface area contributed by atoms with Gasteiger partial charge in [0.2, 0.25) is 17.9 Å². The SMILES string of the molecule is Cc1cccc(C)c1OCC(=O)N[C@@H](Cc1ccccc1)[C@H](OC(=O)CCCC(=O)NCC[NH+]1CCOCC1)C(=O)N1CSC(C)(C)[C@H]1C(=O)NC(C)(C)C.[Cl-]. The summed E-state index contributed by atoms with van der Waals surface area (Å²) in [4.78, 5) is 71.1. The molecule has 2 aromatic carbocycles.